The van der Waals surface area contributed by atoms with Crippen LogP contribution in [0.2, 0.25) is 0 Å². The van der Waals surface area contributed by atoms with E-state index < -0.39 is 10.4 Å². The average Bonchev–Trinajstić information content (AvgIpc) is 0.722. The smallest absolute Gasteiger partial charge is 2.00 e. The summed E-state index contributed by atoms with van der Waals surface area (Å²) in [7, 11) is -4.67. The van der Waals surface area contributed by atoms with Crippen molar-refractivity contribution in [1.82, 2.24) is 0 Å². The first-order valence-electron chi connectivity index (χ1n) is 0.698. The third-order valence-corrected chi connectivity index (χ3v) is 0. The van der Waals surface area contributed by atoms with Crippen LogP contribution in [0.1, 0.15) is 0 Å². The maximum atomic E-state index is 8.74. The molecule has 2 N–H and O–H groups in total. The van der Waals surface area contributed by atoms with Gasteiger partial charge in [-0.1, -0.05) is 0 Å². The fourth-order valence-electron chi connectivity index (χ4n) is 0. The van der Waals surface area contributed by atoms with Crippen molar-refractivity contribution in [2.45, 2.75) is 0 Å². The first-order valence-corrected chi connectivity index (χ1v) is 2.10. The van der Waals surface area contributed by atoms with Crippen molar-refractivity contribution in [2.24, 2.45) is 0 Å². The fourth-order valence-corrected chi connectivity index (χ4v) is 0. The average molecular weight is 251 g/mol. The Hall–Kier alpha value is 1.40. The zero-order chi connectivity index (χ0) is 4.50. The van der Waals surface area contributed by atoms with Gasteiger partial charge in [0, 0.05) is 0 Å². The summed E-state index contributed by atoms with van der Waals surface area (Å²) in [6.45, 7) is 0. The summed E-state index contributed by atoms with van der Waals surface area (Å²) in [6, 6.07) is 0. The molecule has 0 unspecified atom stereocenters. The number of hydrogen-bond acceptors (Lipinski definition) is 2. The quantitative estimate of drug-likeness (QED) is 0.419. The van der Waals surface area contributed by atoms with Crippen LogP contribution in [-0.2, 0) is 15.9 Å². The summed E-state index contributed by atoms with van der Waals surface area (Å²) in [6.07, 6.45) is 0. The van der Waals surface area contributed by atoms with Gasteiger partial charge in [0.25, 0.3) is 0 Å². The van der Waals surface area contributed by atoms with E-state index in [1.165, 1.54) is 0 Å². The minimum atomic E-state index is -4.67. The summed E-state index contributed by atoms with van der Waals surface area (Å²) >= 11 is 0. The van der Waals surface area contributed by atoms with Gasteiger partial charge in [0.15, 0.2) is 0 Å². The van der Waals surface area contributed by atoms with Gasteiger partial charge in [-0.25, -0.2) is 0 Å². The van der Waals surface area contributed by atoms with E-state index in [0.29, 0.717) is 0 Å². The molecule has 0 aromatic carbocycles. The summed E-state index contributed by atoms with van der Waals surface area (Å²) in [5.41, 5.74) is 0. The molecule has 0 fully saturated rings. The van der Waals surface area contributed by atoms with Crippen molar-refractivity contribution in [3.8, 4) is 0 Å². The van der Waals surface area contributed by atoms with Crippen LogP contribution in [0.4, 0.5) is 0 Å². The molecule has 0 saturated carbocycles. The van der Waals surface area contributed by atoms with Crippen LogP contribution in [0, 0.1) is 0 Å². The molecule has 0 bridgehead atoms. The molecule has 5 nitrogen and oxygen atoms in total. The van der Waals surface area contributed by atoms with Crippen LogP contribution >= 0.6 is 0 Å². The van der Waals surface area contributed by atoms with Crippen molar-refractivity contribution in [3.63, 3.8) is 0 Å². The molecule has 0 amide bonds. The molecule has 0 saturated heterocycles. The van der Waals surface area contributed by atoms with E-state index >= 15 is 0 Å². The zero-order valence-corrected chi connectivity index (χ0v) is 8.49. The van der Waals surface area contributed by atoms with Crippen molar-refractivity contribution >= 4 is 59.3 Å². The van der Waals surface area contributed by atoms with Crippen LogP contribution < -0.4 is 0 Å². The molecular formula is H2BaO5S. The Morgan fingerprint density at radius 1 is 1.14 bits per heavy atom. The van der Waals surface area contributed by atoms with Gasteiger partial charge in [-0.3, -0.25) is 9.11 Å². The molecule has 0 aliphatic rings. The molecule has 0 spiro atoms. The third-order valence-electron chi connectivity index (χ3n) is 0. The van der Waals surface area contributed by atoms with Crippen molar-refractivity contribution in [1.29, 1.82) is 0 Å². The van der Waals surface area contributed by atoms with Gasteiger partial charge in [-0.05, 0) is 0 Å². The Balaban J connectivity index is -0.0000000800. The summed E-state index contributed by atoms with van der Waals surface area (Å²) < 4.78 is 31.6. The minimum Gasteiger partial charge on any atom is -2.00 e. The van der Waals surface area contributed by atoms with Crippen LogP contribution in [0.25, 0.3) is 0 Å². The summed E-state index contributed by atoms with van der Waals surface area (Å²) in [5, 5.41) is 0. The predicted molar refractivity (Wildman–Crippen MR) is 20.6 cm³/mol. The van der Waals surface area contributed by atoms with E-state index in [2.05, 4.69) is 0 Å². The molecule has 0 aromatic rings. The molecule has 7 heavy (non-hydrogen) atoms. The first-order chi connectivity index (χ1) is 2.00. The second-order valence-corrected chi connectivity index (χ2v) is 1.34. The van der Waals surface area contributed by atoms with Gasteiger partial charge < -0.3 is 5.48 Å². The van der Waals surface area contributed by atoms with Crippen LogP contribution in [-0.4, -0.2) is 66.4 Å². The van der Waals surface area contributed by atoms with Crippen LogP contribution in [0.5, 0.6) is 0 Å². The van der Waals surface area contributed by atoms with Gasteiger partial charge in [-0.15, -0.1) is 0 Å². The molecule has 0 heterocycles. The van der Waals surface area contributed by atoms with Crippen molar-refractivity contribution in [3.05, 3.63) is 0 Å². The topological polar surface area (TPSA) is 103 Å². The van der Waals surface area contributed by atoms with Crippen LogP contribution in [0.15, 0.2) is 0 Å². The van der Waals surface area contributed by atoms with Crippen molar-refractivity contribution < 1.29 is 23.0 Å². The molecule has 0 radical (unpaired) electrons. The Kier molecular flexibility index (Phi) is 12.5. The summed E-state index contributed by atoms with van der Waals surface area (Å²) in [5.74, 6) is 0. The second kappa shape index (κ2) is 5.54. The van der Waals surface area contributed by atoms with Gasteiger partial charge in [0.1, 0.15) is 0 Å². The second-order valence-electron chi connectivity index (χ2n) is 0.448. The summed E-state index contributed by atoms with van der Waals surface area (Å²) in [4.78, 5) is 0. The van der Waals surface area contributed by atoms with Gasteiger partial charge >= 0.3 is 59.3 Å². The molecule has 0 aliphatic carbocycles. The van der Waals surface area contributed by atoms with E-state index in [4.69, 9.17) is 17.5 Å². The SMILES string of the molecule is O=S(=O)(O)O.[Ba+2].[O-2]. The van der Waals surface area contributed by atoms with E-state index in [-0.39, 0.29) is 54.4 Å². The predicted octanol–water partition coefficient (Wildman–Crippen LogP) is -1.15. The number of hydrogen-bond donors (Lipinski definition) is 2. The first kappa shape index (κ1) is 15.8. The normalized spacial score (nSPS) is 8.29. The molecule has 0 aliphatic heterocycles. The molecule has 0 atom stereocenters. The van der Waals surface area contributed by atoms with Crippen LogP contribution in [0.3, 0.4) is 0 Å². The maximum absolute atomic E-state index is 8.74. The van der Waals surface area contributed by atoms with Gasteiger partial charge in [0.05, 0.1) is 0 Å². The zero-order valence-electron chi connectivity index (χ0n) is 3.23. The van der Waals surface area contributed by atoms with Crippen molar-refractivity contribution in [2.75, 3.05) is 0 Å². The molecule has 40 valence electrons. The Labute approximate surface area is 81.1 Å². The van der Waals surface area contributed by atoms with E-state index in [0.717, 1.165) is 0 Å². The molecular weight excluding hydrogens is 249 g/mol. The van der Waals surface area contributed by atoms with E-state index in [9.17, 15) is 0 Å². The van der Waals surface area contributed by atoms with E-state index in [1.807, 2.05) is 0 Å². The minimum absolute atomic E-state index is 0. The molecule has 7 heteroatoms. The Bertz CT molecular complexity index is 91.2. The Morgan fingerprint density at radius 3 is 1.14 bits per heavy atom. The maximum Gasteiger partial charge on any atom is 2.00 e. The van der Waals surface area contributed by atoms with E-state index in [1.54, 1.807) is 0 Å². The molecule has 0 rings (SSSR count). The monoisotopic (exact) mass is 252 g/mol. The van der Waals surface area contributed by atoms with Gasteiger partial charge in [-0.2, -0.15) is 8.42 Å². The fraction of sp³-hybridized carbons (Fsp3) is 0. The number of rotatable bonds is 0. The largest absolute Gasteiger partial charge is 2.00 e. The Morgan fingerprint density at radius 2 is 1.14 bits per heavy atom. The third kappa shape index (κ3) is 110. The van der Waals surface area contributed by atoms with Gasteiger partial charge in [0.2, 0.25) is 0 Å². The molecule has 0 aromatic heterocycles. The standard InChI is InChI=1S/Ba.H2O4S.O/c;1-5(2,3)4;/h;(H2,1,2,3,4);/q+2;;-2.